The third-order valence-electron chi connectivity index (χ3n) is 4.04. The fourth-order valence-electron chi connectivity index (χ4n) is 2.33. The summed E-state index contributed by atoms with van der Waals surface area (Å²) in [5.74, 6) is -0.208. The van der Waals surface area contributed by atoms with E-state index in [1.165, 1.54) is 12.1 Å². The van der Waals surface area contributed by atoms with Gasteiger partial charge in [0, 0.05) is 17.5 Å². The zero-order chi connectivity index (χ0) is 12.6. The number of aliphatic hydroxyl groups excluding tert-OH is 1. The van der Waals surface area contributed by atoms with Crippen molar-refractivity contribution < 1.29 is 9.50 Å². The second-order valence-electron chi connectivity index (χ2n) is 5.57. The average molecular weight is 237 g/mol. The Hall–Kier alpha value is -0.930. The topological polar surface area (TPSA) is 32.3 Å². The zero-order valence-corrected chi connectivity index (χ0v) is 10.6. The third kappa shape index (κ3) is 2.35. The van der Waals surface area contributed by atoms with Crippen molar-refractivity contribution in [1.29, 1.82) is 0 Å². The normalized spacial score (nSPS) is 28.5. The summed E-state index contributed by atoms with van der Waals surface area (Å²) in [5, 5.41) is 13.2. The second kappa shape index (κ2) is 4.39. The van der Waals surface area contributed by atoms with Crippen LogP contribution in [0.25, 0.3) is 0 Å². The Bertz CT molecular complexity index is 388. The molecule has 2 nitrogen and oxygen atoms in total. The Morgan fingerprint density at radius 3 is 2.41 bits per heavy atom. The van der Waals surface area contributed by atoms with Crippen LogP contribution in [0.3, 0.4) is 0 Å². The van der Waals surface area contributed by atoms with E-state index in [0.29, 0.717) is 6.04 Å². The first-order chi connectivity index (χ1) is 7.91. The Balaban J connectivity index is 1.98. The molecule has 1 aromatic rings. The van der Waals surface area contributed by atoms with Crippen molar-refractivity contribution in [1.82, 2.24) is 5.32 Å². The fourth-order valence-corrected chi connectivity index (χ4v) is 2.33. The van der Waals surface area contributed by atoms with Gasteiger partial charge in [-0.25, -0.2) is 4.39 Å². The van der Waals surface area contributed by atoms with Gasteiger partial charge in [0.15, 0.2) is 0 Å². The zero-order valence-electron chi connectivity index (χ0n) is 10.6. The molecule has 0 bridgehead atoms. The maximum absolute atomic E-state index is 12.8. The van der Waals surface area contributed by atoms with Crippen molar-refractivity contribution in [2.24, 2.45) is 5.41 Å². The number of hydrogen-bond acceptors (Lipinski definition) is 2. The number of halogens is 1. The van der Waals surface area contributed by atoms with Gasteiger partial charge in [0.25, 0.3) is 0 Å². The molecule has 0 aliphatic heterocycles. The third-order valence-corrected chi connectivity index (χ3v) is 4.04. The standard InChI is InChI=1S/C14H20FNO/c1-9(10-4-6-11(15)7-5-10)16-12-8-13(17)14(12,2)3/h4-7,9,12-13,16-17H,8H2,1-3H3/t9-,12?,13?/m0/s1. The maximum atomic E-state index is 12.8. The average Bonchev–Trinajstić information content (AvgIpc) is 2.29. The Morgan fingerprint density at radius 1 is 1.35 bits per heavy atom. The van der Waals surface area contributed by atoms with E-state index < -0.39 is 0 Å². The van der Waals surface area contributed by atoms with Crippen molar-refractivity contribution in [3.8, 4) is 0 Å². The van der Waals surface area contributed by atoms with E-state index in [4.69, 9.17) is 0 Å². The van der Waals surface area contributed by atoms with Crippen LogP contribution in [0.2, 0.25) is 0 Å². The van der Waals surface area contributed by atoms with Gasteiger partial charge in [-0.1, -0.05) is 26.0 Å². The summed E-state index contributed by atoms with van der Waals surface area (Å²) >= 11 is 0. The molecule has 3 heteroatoms. The highest BCUT2D eigenvalue weighted by Crippen LogP contribution is 2.41. The molecule has 17 heavy (non-hydrogen) atoms. The van der Waals surface area contributed by atoms with Crippen LogP contribution in [-0.4, -0.2) is 17.3 Å². The van der Waals surface area contributed by atoms with Crippen molar-refractivity contribution >= 4 is 0 Å². The molecule has 2 rings (SSSR count). The van der Waals surface area contributed by atoms with Gasteiger partial charge in [0.2, 0.25) is 0 Å². The molecule has 1 aliphatic rings. The molecule has 0 saturated heterocycles. The number of nitrogens with one attached hydrogen (secondary N) is 1. The van der Waals surface area contributed by atoms with E-state index in [2.05, 4.69) is 26.1 Å². The monoisotopic (exact) mass is 237 g/mol. The number of rotatable bonds is 3. The van der Waals surface area contributed by atoms with E-state index in [9.17, 15) is 9.50 Å². The van der Waals surface area contributed by atoms with Crippen molar-refractivity contribution in [3.05, 3.63) is 35.6 Å². The summed E-state index contributed by atoms with van der Waals surface area (Å²) in [7, 11) is 0. The molecule has 0 aromatic heterocycles. The largest absolute Gasteiger partial charge is 0.392 e. The lowest BCUT2D eigenvalue weighted by molar-refractivity contribution is -0.0754. The molecule has 2 N–H and O–H groups in total. The molecule has 1 saturated carbocycles. The van der Waals surface area contributed by atoms with E-state index >= 15 is 0 Å². The minimum absolute atomic E-state index is 0.0751. The SMILES string of the molecule is C[C@H](NC1CC(O)C1(C)C)c1ccc(F)cc1. The van der Waals surface area contributed by atoms with Gasteiger partial charge in [0.05, 0.1) is 6.10 Å². The van der Waals surface area contributed by atoms with Crippen LogP contribution in [0.4, 0.5) is 4.39 Å². The first kappa shape index (κ1) is 12.5. The molecular formula is C14H20FNO. The predicted molar refractivity (Wildman–Crippen MR) is 66.1 cm³/mol. The Labute approximate surface area is 102 Å². The predicted octanol–water partition coefficient (Wildman–Crippen LogP) is 2.64. The van der Waals surface area contributed by atoms with Gasteiger partial charge in [-0.05, 0) is 31.0 Å². The van der Waals surface area contributed by atoms with Crippen LogP contribution >= 0.6 is 0 Å². The fraction of sp³-hybridized carbons (Fsp3) is 0.571. The first-order valence-electron chi connectivity index (χ1n) is 6.11. The highest BCUT2D eigenvalue weighted by atomic mass is 19.1. The highest BCUT2D eigenvalue weighted by Gasteiger charge is 2.47. The van der Waals surface area contributed by atoms with Gasteiger partial charge < -0.3 is 10.4 Å². The van der Waals surface area contributed by atoms with Crippen molar-refractivity contribution in [2.45, 2.75) is 45.4 Å². The molecule has 94 valence electrons. The van der Waals surface area contributed by atoms with Crippen LogP contribution in [-0.2, 0) is 0 Å². The molecule has 0 radical (unpaired) electrons. The number of hydrogen-bond donors (Lipinski definition) is 2. The number of aliphatic hydroxyl groups is 1. The maximum Gasteiger partial charge on any atom is 0.123 e. The molecule has 0 spiro atoms. The summed E-state index contributed by atoms with van der Waals surface area (Å²) in [4.78, 5) is 0. The first-order valence-corrected chi connectivity index (χ1v) is 6.11. The van der Waals surface area contributed by atoms with E-state index in [1.807, 2.05) is 0 Å². The second-order valence-corrected chi connectivity index (χ2v) is 5.57. The lowest BCUT2D eigenvalue weighted by atomic mass is 9.64. The van der Waals surface area contributed by atoms with Gasteiger partial charge in [0.1, 0.15) is 5.82 Å². The smallest absolute Gasteiger partial charge is 0.123 e. The summed E-state index contributed by atoms with van der Waals surface area (Å²) in [6, 6.07) is 7.05. The molecule has 1 aliphatic carbocycles. The Morgan fingerprint density at radius 2 is 1.94 bits per heavy atom. The van der Waals surface area contributed by atoms with Gasteiger partial charge in [-0.2, -0.15) is 0 Å². The summed E-state index contributed by atoms with van der Waals surface area (Å²) in [6.45, 7) is 6.19. The van der Waals surface area contributed by atoms with Gasteiger partial charge in [-0.3, -0.25) is 0 Å². The molecule has 2 unspecified atom stereocenters. The minimum atomic E-state index is -0.222. The lowest BCUT2D eigenvalue weighted by Crippen LogP contribution is -2.60. The quantitative estimate of drug-likeness (QED) is 0.847. The van der Waals surface area contributed by atoms with Crippen LogP contribution in [0.15, 0.2) is 24.3 Å². The van der Waals surface area contributed by atoms with Crippen molar-refractivity contribution in [2.75, 3.05) is 0 Å². The molecule has 0 heterocycles. The van der Waals surface area contributed by atoms with Crippen LogP contribution in [0.5, 0.6) is 0 Å². The molecule has 1 fully saturated rings. The minimum Gasteiger partial charge on any atom is -0.392 e. The van der Waals surface area contributed by atoms with E-state index in [0.717, 1.165) is 12.0 Å². The van der Waals surface area contributed by atoms with Crippen molar-refractivity contribution in [3.63, 3.8) is 0 Å². The molecular weight excluding hydrogens is 217 g/mol. The molecule has 0 amide bonds. The highest BCUT2D eigenvalue weighted by molar-refractivity contribution is 5.20. The number of benzene rings is 1. The summed E-state index contributed by atoms with van der Waals surface area (Å²) in [5.41, 5.74) is 0.998. The van der Waals surface area contributed by atoms with Gasteiger partial charge >= 0.3 is 0 Å². The van der Waals surface area contributed by atoms with E-state index in [1.54, 1.807) is 12.1 Å². The van der Waals surface area contributed by atoms with Gasteiger partial charge in [-0.15, -0.1) is 0 Å². The Kier molecular flexibility index (Phi) is 3.23. The summed E-state index contributed by atoms with van der Waals surface area (Å²) < 4.78 is 12.8. The lowest BCUT2D eigenvalue weighted by Gasteiger charge is -2.50. The van der Waals surface area contributed by atoms with Crippen LogP contribution < -0.4 is 5.32 Å². The summed E-state index contributed by atoms with van der Waals surface area (Å²) in [6.07, 6.45) is 0.568. The van der Waals surface area contributed by atoms with Crippen LogP contribution in [0, 0.1) is 11.2 Å². The molecule has 3 atom stereocenters. The van der Waals surface area contributed by atoms with E-state index in [-0.39, 0.29) is 23.4 Å². The van der Waals surface area contributed by atoms with Crippen LogP contribution in [0.1, 0.15) is 38.8 Å². The molecule has 1 aromatic carbocycles.